The summed E-state index contributed by atoms with van der Waals surface area (Å²) in [7, 11) is 1.92. The average Bonchev–Trinajstić information content (AvgIpc) is 3.18. The molecule has 2 N–H and O–H groups in total. The van der Waals surface area contributed by atoms with Gasteiger partial charge < -0.3 is 15.2 Å². The molecule has 0 aliphatic carbocycles. The van der Waals surface area contributed by atoms with Gasteiger partial charge in [-0.2, -0.15) is 5.10 Å². The number of hydrogen-bond donors (Lipinski definition) is 2. The Morgan fingerprint density at radius 1 is 1.10 bits per heavy atom. The van der Waals surface area contributed by atoms with Gasteiger partial charge in [-0.25, -0.2) is 0 Å². The van der Waals surface area contributed by atoms with Gasteiger partial charge in [0, 0.05) is 57.1 Å². The van der Waals surface area contributed by atoms with Gasteiger partial charge >= 0.3 is 0 Å². The number of fused-ring (bicyclic) bond motifs is 1. The number of para-hydroxylation sites is 1. The second-order valence-corrected chi connectivity index (χ2v) is 7.95. The minimum Gasteiger partial charge on any atom is -0.491 e. The van der Waals surface area contributed by atoms with Crippen molar-refractivity contribution in [3.8, 4) is 5.75 Å². The van der Waals surface area contributed by atoms with E-state index < -0.39 is 6.10 Å². The highest BCUT2D eigenvalue weighted by Gasteiger charge is 2.19. The van der Waals surface area contributed by atoms with Crippen LogP contribution >= 0.6 is 0 Å². The second kappa shape index (κ2) is 9.89. The molecule has 0 fully saturated rings. The van der Waals surface area contributed by atoms with E-state index in [9.17, 15) is 5.11 Å². The Bertz CT molecular complexity index is 956. The van der Waals surface area contributed by atoms with Crippen molar-refractivity contribution in [3.63, 3.8) is 0 Å². The first kappa shape index (κ1) is 20.6. The molecule has 30 heavy (non-hydrogen) atoms. The van der Waals surface area contributed by atoms with Gasteiger partial charge in [-0.15, -0.1) is 0 Å². The van der Waals surface area contributed by atoms with E-state index in [-0.39, 0.29) is 6.61 Å². The number of nitrogens with zero attached hydrogens (tertiary/aromatic N) is 3. The number of aliphatic hydroxyl groups excluding tert-OH is 1. The largest absolute Gasteiger partial charge is 0.491 e. The van der Waals surface area contributed by atoms with Crippen LogP contribution in [-0.4, -0.2) is 45.6 Å². The Hall–Kier alpha value is -2.67. The van der Waals surface area contributed by atoms with Crippen LogP contribution in [0.25, 0.3) is 0 Å². The zero-order valence-electron chi connectivity index (χ0n) is 17.5. The molecule has 0 spiro atoms. The van der Waals surface area contributed by atoms with Crippen LogP contribution in [0.15, 0.2) is 60.9 Å². The topological polar surface area (TPSA) is 62.6 Å². The van der Waals surface area contributed by atoms with Crippen molar-refractivity contribution >= 4 is 0 Å². The Morgan fingerprint density at radius 2 is 1.90 bits per heavy atom. The van der Waals surface area contributed by atoms with Crippen molar-refractivity contribution in [1.82, 2.24) is 20.0 Å². The molecule has 6 nitrogen and oxygen atoms in total. The van der Waals surface area contributed by atoms with Gasteiger partial charge in [-0.05, 0) is 23.6 Å². The third-order valence-electron chi connectivity index (χ3n) is 5.49. The zero-order chi connectivity index (χ0) is 20.8. The quantitative estimate of drug-likeness (QED) is 0.572. The molecule has 0 bridgehead atoms. The maximum Gasteiger partial charge on any atom is 0.123 e. The number of β-amino-alcohol motifs (C(OH)–C–C–N with tert-alkyl or cyclic N) is 1. The molecule has 2 heterocycles. The van der Waals surface area contributed by atoms with E-state index in [0.29, 0.717) is 13.1 Å². The van der Waals surface area contributed by atoms with E-state index in [1.165, 1.54) is 11.1 Å². The lowest BCUT2D eigenvalue weighted by atomic mass is 10.00. The van der Waals surface area contributed by atoms with Gasteiger partial charge in [0.05, 0.1) is 6.20 Å². The first-order chi connectivity index (χ1) is 14.7. The second-order valence-electron chi connectivity index (χ2n) is 7.95. The summed E-state index contributed by atoms with van der Waals surface area (Å²) in [4.78, 5) is 2.30. The fraction of sp³-hybridized carbons (Fsp3) is 0.375. The van der Waals surface area contributed by atoms with Crippen LogP contribution in [0.2, 0.25) is 0 Å². The molecule has 6 heteroatoms. The molecule has 0 amide bonds. The molecule has 0 radical (unpaired) electrons. The van der Waals surface area contributed by atoms with Crippen molar-refractivity contribution in [1.29, 1.82) is 0 Å². The van der Waals surface area contributed by atoms with Crippen molar-refractivity contribution in [3.05, 3.63) is 83.2 Å². The van der Waals surface area contributed by atoms with Crippen LogP contribution in [0, 0.1) is 0 Å². The summed E-state index contributed by atoms with van der Waals surface area (Å²) in [5.41, 5.74) is 5.02. The number of benzene rings is 2. The van der Waals surface area contributed by atoms with Crippen LogP contribution in [0.1, 0.15) is 22.3 Å². The Balaban J connectivity index is 1.25. The average molecular weight is 407 g/mol. The fourth-order valence-electron chi connectivity index (χ4n) is 3.94. The molecule has 1 aliphatic rings. The number of aliphatic hydroxyl groups is 1. The normalized spacial score (nSPS) is 15.0. The van der Waals surface area contributed by atoms with E-state index in [0.717, 1.165) is 42.9 Å². The van der Waals surface area contributed by atoms with Crippen molar-refractivity contribution in [2.45, 2.75) is 32.2 Å². The van der Waals surface area contributed by atoms with Gasteiger partial charge in [0.2, 0.25) is 0 Å². The summed E-state index contributed by atoms with van der Waals surface area (Å²) >= 11 is 0. The maximum atomic E-state index is 10.5. The first-order valence-corrected chi connectivity index (χ1v) is 10.5. The van der Waals surface area contributed by atoms with E-state index >= 15 is 0 Å². The van der Waals surface area contributed by atoms with Gasteiger partial charge in [-0.3, -0.25) is 9.58 Å². The van der Waals surface area contributed by atoms with Crippen LogP contribution in [0.5, 0.6) is 5.75 Å². The third kappa shape index (κ3) is 5.48. The van der Waals surface area contributed by atoms with Crippen molar-refractivity contribution in [2.75, 3.05) is 19.7 Å². The summed E-state index contributed by atoms with van der Waals surface area (Å²) in [6.07, 6.45) is 4.39. The molecule has 0 saturated carbocycles. The van der Waals surface area contributed by atoms with E-state index in [4.69, 9.17) is 4.74 Å². The van der Waals surface area contributed by atoms with Crippen LogP contribution < -0.4 is 10.1 Å². The fourth-order valence-corrected chi connectivity index (χ4v) is 3.94. The van der Waals surface area contributed by atoms with E-state index in [2.05, 4.69) is 45.6 Å². The smallest absolute Gasteiger partial charge is 0.123 e. The summed E-state index contributed by atoms with van der Waals surface area (Å²) in [6, 6.07) is 16.6. The lowest BCUT2D eigenvalue weighted by Crippen LogP contribution is -2.38. The predicted octanol–water partition coefficient (Wildman–Crippen LogP) is 2.51. The van der Waals surface area contributed by atoms with Crippen LogP contribution in [0.3, 0.4) is 0 Å². The zero-order valence-corrected chi connectivity index (χ0v) is 17.5. The minimum absolute atomic E-state index is 0.289. The van der Waals surface area contributed by atoms with Gasteiger partial charge in [-0.1, -0.05) is 42.5 Å². The summed E-state index contributed by atoms with van der Waals surface area (Å²) in [6.45, 7) is 4.23. The highest BCUT2D eigenvalue weighted by atomic mass is 16.5. The molecule has 0 saturated heterocycles. The number of aromatic nitrogens is 2. The SMILES string of the molecule is Cn1cc(CNCc2ccccc2OC[C@H](O)CN2CCc3ccccc3C2)cn1. The van der Waals surface area contributed by atoms with Crippen molar-refractivity contribution in [2.24, 2.45) is 7.05 Å². The summed E-state index contributed by atoms with van der Waals surface area (Å²) in [5.74, 6) is 0.819. The standard InChI is InChI=1S/C24H30N4O2/c1-27-15-19(13-26-27)12-25-14-21-7-4-5-9-24(21)30-18-23(29)17-28-11-10-20-6-2-3-8-22(20)16-28/h2-9,13,15,23,25,29H,10-12,14,16-18H2,1H3/t23-/m1/s1. The minimum atomic E-state index is -0.522. The van der Waals surface area contributed by atoms with Gasteiger partial charge in [0.1, 0.15) is 18.5 Å². The lowest BCUT2D eigenvalue weighted by Gasteiger charge is -2.30. The number of nitrogens with one attached hydrogen (secondary N) is 1. The predicted molar refractivity (Wildman–Crippen MR) is 117 cm³/mol. The maximum absolute atomic E-state index is 10.5. The lowest BCUT2D eigenvalue weighted by molar-refractivity contribution is 0.0634. The van der Waals surface area contributed by atoms with E-state index in [1.54, 1.807) is 4.68 Å². The van der Waals surface area contributed by atoms with E-state index in [1.807, 2.05) is 37.6 Å². The van der Waals surface area contributed by atoms with Crippen LogP contribution in [-0.2, 0) is 33.1 Å². The molecule has 1 aliphatic heterocycles. The monoisotopic (exact) mass is 406 g/mol. The molecule has 158 valence electrons. The van der Waals surface area contributed by atoms with Crippen molar-refractivity contribution < 1.29 is 9.84 Å². The number of hydrogen-bond acceptors (Lipinski definition) is 5. The van der Waals surface area contributed by atoms with Gasteiger partial charge in [0.15, 0.2) is 0 Å². The molecule has 3 aromatic rings. The Labute approximate surface area is 178 Å². The number of ether oxygens (including phenoxy) is 1. The molecule has 1 aromatic heterocycles. The van der Waals surface area contributed by atoms with Gasteiger partial charge in [0.25, 0.3) is 0 Å². The molecule has 4 rings (SSSR count). The molecule has 2 aromatic carbocycles. The summed E-state index contributed by atoms with van der Waals surface area (Å²) < 4.78 is 7.79. The third-order valence-corrected chi connectivity index (χ3v) is 5.49. The number of aryl methyl sites for hydroxylation is 1. The highest BCUT2D eigenvalue weighted by molar-refractivity contribution is 5.33. The Kier molecular flexibility index (Phi) is 6.79. The molecule has 1 atom stereocenters. The van der Waals surface area contributed by atoms with Crippen LogP contribution in [0.4, 0.5) is 0 Å². The number of rotatable bonds is 9. The highest BCUT2D eigenvalue weighted by Crippen LogP contribution is 2.20. The first-order valence-electron chi connectivity index (χ1n) is 10.5. The molecular weight excluding hydrogens is 376 g/mol. The molecular formula is C24H30N4O2. The molecule has 0 unspecified atom stereocenters. The summed E-state index contributed by atoms with van der Waals surface area (Å²) in [5, 5.41) is 18.2. The Morgan fingerprint density at radius 3 is 2.73 bits per heavy atom.